The van der Waals surface area contributed by atoms with Gasteiger partial charge in [-0.05, 0) is 6.42 Å². The van der Waals surface area contributed by atoms with Gasteiger partial charge < -0.3 is 9.84 Å². The van der Waals surface area contributed by atoms with Gasteiger partial charge in [0.2, 0.25) is 5.12 Å². The van der Waals surface area contributed by atoms with Crippen LogP contribution in [0, 0.1) is 0 Å². The summed E-state index contributed by atoms with van der Waals surface area (Å²) in [5.74, 6) is -0.535. The Hall–Kier alpha value is -0.550. The average molecular weight is 431 g/mol. The lowest BCUT2D eigenvalue weighted by Gasteiger charge is -2.07. The number of hydrogen-bond acceptors (Lipinski definition) is 4. The Labute approximate surface area is 185 Å². The number of aliphatic hydroxyl groups is 1. The molecule has 0 rings (SSSR count). The molecule has 0 spiro atoms. The summed E-state index contributed by atoms with van der Waals surface area (Å²) >= 11 is 3.48. The second-order valence-electron chi connectivity index (χ2n) is 8.29. The maximum atomic E-state index is 11.4. The van der Waals surface area contributed by atoms with Crippen molar-refractivity contribution < 1.29 is 19.4 Å². The number of rotatable bonds is 22. The second-order valence-corrected chi connectivity index (χ2v) is 8.73. The molecule has 0 aliphatic heterocycles. The topological polar surface area (TPSA) is 63.6 Å². The molecule has 0 aliphatic carbocycles. The molecular formula is C24H46O4S. The van der Waals surface area contributed by atoms with Crippen LogP contribution in [0.15, 0.2) is 0 Å². The molecule has 0 aromatic rings. The highest BCUT2D eigenvalue weighted by Gasteiger charge is 2.16. The van der Waals surface area contributed by atoms with Gasteiger partial charge in [0, 0.05) is 0 Å². The lowest BCUT2D eigenvalue weighted by atomic mass is 10.0. The fraction of sp³-hybridized carbons (Fsp3) is 0.917. The van der Waals surface area contributed by atoms with Crippen LogP contribution in [0.5, 0.6) is 0 Å². The SMILES string of the molecule is CCCCCCCCCCCCCCCCCCCCOC(=O)CC(O)C(=O)S. The van der Waals surface area contributed by atoms with Crippen molar-refractivity contribution in [2.24, 2.45) is 0 Å². The summed E-state index contributed by atoms with van der Waals surface area (Å²) in [6, 6.07) is 0. The van der Waals surface area contributed by atoms with Crippen molar-refractivity contribution in [3.63, 3.8) is 0 Å². The molecule has 0 aliphatic rings. The minimum absolute atomic E-state index is 0.304. The van der Waals surface area contributed by atoms with Crippen molar-refractivity contribution in [3.8, 4) is 0 Å². The van der Waals surface area contributed by atoms with E-state index >= 15 is 0 Å². The third kappa shape index (κ3) is 22.0. The summed E-state index contributed by atoms with van der Waals surface area (Å²) in [4.78, 5) is 22.1. The van der Waals surface area contributed by atoms with E-state index in [4.69, 9.17) is 4.74 Å². The zero-order valence-corrected chi connectivity index (χ0v) is 19.7. The van der Waals surface area contributed by atoms with E-state index in [2.05, 4.69) is 19.6 Å². The molecule has 0 bridgehead atoms. The second kappa shape index (κ2) is 22.1. The number of hydrogen-bond donors (Lipinski definition) is 2. The number of carbonyl (C=O) groups is 2. The highest BCUT2D eigenvalue weighted by molar-refractivity contribution is 7.96. The zero-order chi connectivity index (χ0) is 21.6. The maximum Gasteiger partial charge on any atom is 0.308 e. The van der Waals surface area contributed by atoms with Crippen molar-refractivity contribution in [1.82, 2.24) is 0 Å². The van der Waals surface area contributed by atoms with Gasteiger partial charge in [0.05, 0.1) is 13.0 Å². The molecule has 5 heteroatoms. The minimum atomic E-state index is -1.36. The average Bonchev–Trinajstić information content (AvgIpc) is 2.69. The van der Waals surface area contributed by atoms with E-state index in [-0.39, 0.29) is 6.42 Å². The Kier molecular flexibility index (Phi) is 21.7. The number of carbonyl (C=O) groups excluding carboxylic acids is 2. The van der Waals surface area contributed by atoms with Crippen LogP contribution in [0.4, 0.5) is 0 Å². The lowest BCUT2D eigenvalue weighted by molar-refractivity contribution is -0.147. The summed E-state index contributed by atoms with van der Waals surface area (Å²) in [5.41, 5.74) is 0. The molecule has 0 heterocycles. The predicted octanol–water partition coefficient (Wildman–Crippen LogP) is 6.78. The summed E-state index contributed by atoms with van der Waals surface area (Å²) in [6.45, 7) is 2.64. The molecule has 1 N–H and O–H groups in total. The van der Waals surface area contributed by atoms with Gasteiger partial charge >= 0.3 is 5.97 Å². The normalized spacial score (nSPS) is 12.1. The molecule has 0 amide bonds. The van der Waals surface area contributed by atoms with Gasteiger partial charge in [0.1, 0.15) is 6.10 Å². The van der Waals surface area contributed by atoms with Crippen molar-refractivity contribution in [3.05, 3.63) is 0 Å². The molecule has 0 saturated heterocycles. The van der Waals surface area contributed by atoms with Crippen LogP contribution in [0.2, 0.25) is 0 Å². The Morgan fingerprint density at radius 3 is 1.38 bits per heavy atom. The number of ether oxygens (including phenoxy) is 1. The molecule has 0 aromatic carbocycles. The van der Waals surface area contributed by atoms with Crippen LogP contribution < -0.4 is 0 Å². The Balaban J connectivity index is 3.15. The summed E-state index contributed by atoms with van der Waals surface area (Å²) in [5, 5.41) is 8.53. The van der Waals surface area contributed by atoms with Gasteiger partial charge in [-0.1, -0.05) is 116 Å². The first-order chi connectivity index (χ1) is 14.1. The van der Waals surface area contributed by atoms with E-state index in [9.17, 15) is 14.7 Å². The zero-order valence-electron chi connectivity index (χ0n) is 18.8. The number of aliphatic hydroxyl groups excluding tert-OH is 1. The summed E-state index contributed by atoms with van der Waals surface area (Å²) in [7, 11) is 0. The largest absolute Gasteiger partial charge is 0.466 e. The van der Waals surface area contributed by atoms with Crippen molar-refractivity contribution >= 4 is 23.7 Å². The quantitative estimate of drug-likeness (QED) is 0.113. The highest BCUT2D eigenvalue weighted by atomic mass is 32.1. The lowest BCUT2D eigenvalue weighted by Crippen LogP contribution is -2.21. The van der Waals surface area contributed by atoms with Gasteiger partial charge in [-0.2, -0.15) is 0 Å². The first-order valence-electron chi connectivity index (χ1n) is 12.1. The first-order valence-corrected chi connectivity index (χ1v) is 12.6. The molecule has 4 nitrogen and oxygen atoms in total. The fourth-order valence-electron chi connectivity index (χ4n) is 3.49. The fourth-order valence-corrected chi connectivity index (χ4v) is 3.59. The molecular weight excluding hydrogens is 384 g/mol. The third-order valence-corrected chi connectivity index (χ3v) is 5.70. The van der Waals surface area contributed by atoms with E-state index in [1.807, 2.05) is 0 Å². The van der Waals surface area contributed by atoms with Crippen LogP contribution in [0.25, 0.3) is 0 Å². The molecule has 0 aromatic heterocycles. The Morgan fingerprint density at radius 2 is 1.03 bits per heavy atom. The predicted molar refractivity (Wildman–Crippen MR) is 124 cm³/mol. The smallest absolute Gasteiger partial charge is 0.308 e. The number of thiol groups is 1. The number of esters is 1. The van der Waals surface area contributed by atoms with E-state index in [1.54, 1.807) is 0 Å². The summed E-state index contributed by atoms with van der Waals surface area (Å²) in [6.07, 6.45) is 22.2. The van der Waals surface area contributed by atoms with Gasteiger partial charge in [-0.3, -0.25) is 9.59 Å². The third-order valence-electron chi connectivity index (χ3n) is 5.41. The van der Waals surface area contributed by atoms with Crippen molar-refractivity contribution in [1.29, 1.82) is 0 Å². The monoisotopic (exact) mass is 430 g/mol. The van der Waals surface area contributed by atoms with Crippen molar-refractivity contribution in [2.75, 3.05) is 6.61 Å². The van der Waals surface area contributed by atoms with Crippen LogP contribution in [0.1, 0.15) is 129 Å². The number of unbranched alkanes of at least 4 members (excludes halogenated alkanes) is 17. The minimum Gasteiger partial charge on any atom is -0.466 e. The maximum absolute atomic E-state index is 11.4. The van der Waals surface area contributed by atoms with E-state index < -0.39 is 17.2 Å². The van der Waals surface area contributed by atoms with Crippen LogP contribution in [-0.4, -0.2) is 28.9 Å². The van der Waals surface area contributed by atoms with Crippen molar-refractivity contribution in [2.45, 2.75) is 135 Å². The Bertz CT molecular complexity index is 387. The molecule has 0 radical (unpaired) electrons. The van der Waals surface area contributed by atoms with Crippen LogP contribution in [0.3, 0.4) is 0 Å². The van der Waals surface area contributed by atoms with Gasteiger partial charge in [-0.15, -0.1) is 12.6 Å². The summed E-state index contributed by atoms with van der Waals surface area (Å²) < 4.78 is 5.01. The molecule has 29 heavy (non-hydrogen) atoms. The molecule has 0 fully saturated rings. The molecule has 0 saturated carbocycles. The molecule has 1 unspecified atom stereocenters. The van der Waals surface area contributed by atoms with Gasteiger partial charge in [-0.25, -0.2) is 0 Å². The first kappa shape index (κ1) is 28.5. The Morgan fingerprint density at radius 1 is 0.690 bits per heavy atom. The highest BCUT2D eigenvalue weighted by Crippen LogP contribution is 2.14. The molecule has 172 valence electrons. The van der Waals surface area contributed by atoms with E-state index in [1.165, 1.54) is 103 Å². The van der Waals surface area contributed by atoms with Gasteiger partial charge in [0.15, 0.2) is 0 Å². The standard InChI is InChI=1S/C24H46O4S/c1-2-3-4-5-6-7-8-9-10-11-12-13-14-15-16-17-18-19-20-28-23(26)21-22(25)24(27)29/h22,25H,2-21H2,1H3,(H,27,29). The van der Waals surface area contributed by atoms with Crippen LogP contribution >= 0.6 is 12.6 Å². The van der Waals surface area contributed by atoms with Gasteiger partial charge in [0.25, 0.3) is 0 Å². The van der Waals surface area contributed by atoms with E-state index in [0.29, 0.717) is 6.61 Å². The van der Waals surface area contributed by atoms with Crippen LogP contribution in [-0.2, 0) is 14.3 Å². The molecule has 1 atom stereocenters. The van der Waals surface area contributed by atoms with E-state index in [0.717, 1.165) is 12.8 Å².